The van der Waals surface area contributed by atoms with E-state index in [0.29, 0.717) is 0 Å². The van der Waals surface area contributed by atoms with Crippen LogP contribution in [0.25, 0.3) is 5.57 Å². The van der Waals surface area contributed by atoms with E-state index in [1.165, 1.54) is 18.2 Å². The van der Waals surface area contributed by atoms with Crippen molar-refractivity contribution in [3.63, 3.8) is 0 Å². The molecule has 1 aromatic rings. The van der Waals surface area contributed by atoms with Gasteiger partial charge in [0.2, 0.25) is 0 Å². The Morgan fingerprint density at radius 2 is 1.79 bits per heavy atom. The zero-order valence-corrected chi connectivity index (χ0v) is 8.34. The van der Waals surface area contributed by atoms with E-state index in [1.54, 1.807) is 0 Å². The fraction of sp³-hybridized carbons (Fsp3) is 0.111. The van der Waals surface area contributed by atoms with Crippen LogP contribution in [0.1, 0.15) is 5.56 Å². The molecule has 0 atom stereocenters. The van der Waals surface area contributed by atoms with Crippen LogP contribution in [-0.2, 0) is 0 Å². The van der Waals surface area contributed by atoms with Gasteiger partial charge in [-0.05, 0) is 12.1 Å². The van der Waals surface area contributed by atoms with Crippen LogP contribution in [0.15, 0.2) is 24.8 Å². The second-order valence-corrected chi connectivity index (χ2v) is 3.44. The zero-order chi connectivity index (χ0) is 10.9. The van der Waals surface area contributed by atoms with Gasteiger partial charge in [-0.3, -0.25) is 0 Å². The highest BCUT2D eigenvalue weighted by Gasteiger charge is 2.33. The first-order valence-corrected chi connectivity index (χ1v) is 4.29. The molecule has 0 radical (unpaired) electrons. The van der Waals surface area contributed by atoms with Crippen molar-refractivity contribution in [3.8, 4) is 0 Å². The van der Waals surface area contributed by atoms with Gasteiger partial charge < -0.3 is 0 Å². The van der Waals surface area contributed by atoms with Gasteiger partial charge in [0.25, 0.3) is 0 Å². The average Bonchev–Trinajstić information content (AvgIpc) is 2.01. The predicted octanol–water partition coefficient (Wildman–Crippen LogP) is 4.57. The Bertz CT molecular complexity index is 369. The van der Waals surface area contributed by atoms with Gasteiger partial charge in [0.05, 0.1) is 5.57 Å². The van der Waals surface area contributed by atoms with Crippen molar-refractivity contribution < 1.29 is 13.2 Å². The summed E-state index contributed by atoms with van der Waals surface area (Å²) in [5.74, 6) is 0. The maximum atomic E-state index is 12.2. The van der Waals surface area contributed by atoms with Crippen molar-refractivity contribution in [1.29, 1.82) is 0 Å². The third kappa shape index (κ3) is 2.42. The Hall–Kier alpha value is -0.670. The number of rotatable bonds is 1. The van der Waals surface area contributed by atoms with E-state index in [4.69, 9.17) is 23.2 Å². The summed E-state index contributed by atoms with van der Waals surface area (Å²) < 4.78 is 36.7. The summed E-state index contributed by atoms with van der Waals surface area (Å²) in [6, 6.07) is 3.77. The third-order valence-corrected chi connectivity index (χ3v) is 2.15. The summed E-state index contributed by atoms with van der Waals surface area (Å²) >= 11 is 11.1. The standard InChI is InChI=1S/C9H5Cl2F3/c1-5(9(12,13)14)7-3-2-6(10)4-8(7)11/h2-4H,1H2. The van der Waals surface area contributed by atoms with Gasteiger partial charge in [-0.2, -0.15) is 13.2 Å². The van der Waals surface area contributed by atoms with Gasteiger partial charge in [0, 0.05) is 15.6 Å². The molecule has 0 N–H and O–H groups in total. The van der Waals surface area contributed by atoms with Crippen LogP contribution < -0.4 is 0 Å². The van der Waals surface area contributed by atoms with E-state index >= 15 is 0 Å². The lowest BCUT2D eigenvalue weighted by atomic mass is 10.1. The second kappa shape index (κ2) is 3.83. The van der Waals surface area contributed by atoms with Crippen molar-refractivity contribution in [2.24, 2.45) is 0 Å². The Labute approximate surface area is 88.9 Å². The van der Waals surface area contributed by atoms with Crippen LogP contribution in [0.5, 0.6) is 0 Å². The quantitative estimate of drug-likeness (QED) is 0.675. The number of allylic oxidation sites excluding steroid dienone is 1. The largest absolute Gasteiger partial charge is 0.416 e. The molecule has 0 nitrogen and oxygen atoms in total. The van der Waals surface area contributed by atoms with Gasteiger partial charge in [0.1, 0.15) is 0 Å². The molecule has 0 aliphatic heterocycles. The van der Waals surface area contributed by atoms with E-state index < -0.39 is 11.7 Å². The summed E-state index contributed by atoms with van der Waals surface area (Å²) in [5.41, 5.74) is -1.12. The average molecular weight is 241 g/mol. The summed E-state index contributed by atoms with van der Waals surface area (Å²) in [7, 11) is 0. The van der Waals surface area contributed by atoms with Gasteiger partial charge in [-0.25, -0.2) is 0 Å². The molecule has 1 aromatic carbocycles. The molecule has 0 aliphatic rings. The minimum atomic E-state index is -4.47. The van der Waals surface area contributed by atoms with Crippen LogP contribution in [-0.4, -0.2) is 6.18 Å². The summed E-state index contributed by atoms with van der Waals surface area (Å²) in [5, 5.41) is 0.230. The van der Waals surface area contributed by atoms with Crippen molar-refractivity contribution in [1.82, 2.24) is 0 Å². The highest BCUT2D eigenvalue weighted by molar-refractivity contribution is 6.35. The molecule has 0 fully saturated rings. The summed E-state index contributed by atoms with van der Waals surface area (Å²) in [4.78, 5) is 0. The Balaban J connectivity index is 3.15. The Kier molecular flexibility index (Phi) is 3.12. The normalized spacial score (nSPS) is 11.5. The minimum absolute atomic E-state index is 0.0557. The highest BCUT2D eigenvalue weighted by atomic mass is 35.5. The summed E-state index contributed by atoms with van der Waals surface area (Å²) in [6.07, 6.45) is -4.47. The first kappa shape index (κ1) is 11.4. The zero-order valence-electron chi connectivity index (χ0n) is 6.83. The third-order valence-electron chi connectivity index (χ3n) is 1.60. The molecule has 0 amide bonds. The van der Waals surface area contributed by atoms with E-state index in [-0.39, 0.29) is 15.6 Å². The SMILES string of the molecule is C=C(c1ccc(Cl)cc1Cl)C(F)(F)F. The molecule has 14 heavy (non-hydrogen) atoms. The van der Waals surface area contributed by atoms with Crippen molar-refractivity contribution in [2.75, 3.05) is 0 Å². The Morgan fingerprint density at radius 3 is 2.21 bits per heavy atom. The molecule has 5 heteroatoms. The molecule has 0 saturated heterocycles. The number of halogens is 5. The Morgan fingerprint density at radius 1 is 1.21 bits per heavy atom. The topological polar surface area (TPSA) is 0 Å². The monoisotopic (exact) mass is 240 g/mol. The van der Waals surface area contributed by atoms with E-state index in [2.05, 4.69) is 6.58 Å². The fourth-order valence-electron chi connectivity index (χ4n) is 0.887. The second-order valence-electron chi connectivity index (χ2n) is 2.60. The maximum Gasteiger partial charge on any atom is 0.416 e. The fourth-order valence-corrected chi connectivity index (χ4v) is 1.41. The molecule has 0 bridgehead atoms. The number of hydrogen-bond acceptors (Lipinski definition) is 0. The van der Waals surface area contributed by atoms with Crippen LogP contribution in [0.4, 0.5) is 13.2 Å². The summed E-state index contributed by atoms with van der Waals surface area (Å²) in [6.45, 7) is 2.93. The number of alkyl halides is 3. The highest BCUT2D eigenvalue weighted by Crippen LogP contribution is 2.36. The molecule has 0 spiro atoms. The predicted molar refractivity (Wildman–Crippen MR) is 51.6 cm³/mol. The van der Waals surface area contributed by atoms with Gasteiger partial charge >= 0.3 is 6.18 Å². The van der Waals surface area contributed by atoms with Crippen molar-refractivity contribution in [3.05, 3.63) is 40.4 Å². The molecule has 0 saturated carbocycles. The van der Waals surface area contributed by atoms with Crippen LogP contribution in [0, 0.1) is 0 Å². The molecular formula is C9H5Cl2F3. The first-order chi connectivity index (χ1) is 6.32. The lowest BCUT2D eigenvalue weighted by Crippen LogP contribution is -2.09. The van der Waals surface area contributed by atoms with Crippen LogP contribution in [0.3, 0.4) is 0 Å². The first-order valence-electron chi connectivity index (χ1n) is 3.54. The lowest BCUT2D eigenvalue weighted by molar-refractivity contribution is -0.0686. The van der Waals surface area contributed by atoms with Crippen LogP contribution >= 0.6 is 23.2 Å². The molecule has 0 unspecified atom stereocenters. The van der Waals surface area contributed by atoms with Gasteiger partial charge in [-0.1, -0.05) is 35.8 Å². The molecule has 0 aliphatic carbocycles. The number of benzene rings is 1. The van der Waals surface area contributed by atoms with E-state index in [0.717, 1.165) is 0 Å². The minimum Gasteiger partial charge on any atom is -0.166 e. The van der Waals surface area contributed by atoms with Crippen molar-refractivity contribution in [2.45, 2.75) is 6.18 Å². The van der Waals surface area contributed by atoms with Crippen LogP contribution in [0.2, 0.25) is 10.0 Å². The van der Waals surface area contributed by atoms with Gasteiger partial charge in [0.15, 0.2) is 0 Å². The van der Waals surface area contributed by atoms with Crippen molar-refractivity contribution >= 4 is 28.8 Å². The molecule has 76 valence electrons. The molecule has 1 rings (SSSR count). The van der Waals surface area contributed by atoms with E-state index in [1.807, 2.05) is 0 Å². The smallest absolute Gasteiger partial charge is 0.166 e. The lowest BCUT2D eigenvalue weighted by Gasteiger charge is -2.11. The van der Waals surface area contributed by atoms with Gasteiger partial charge in [-0.15, -0.1) is 0 Å². The molecule has 0 heterocycles. The number of hydrogen-bond donors (Lipinski definition) is 0. The molecule has 0 aromatic heterocycles. The molecular weight excluding hydrogens is 236 g/mol. The maximum absolute atomic E-state index is 12.2. The van der Waals surface area contributed by atoms with E-state index in [9.17, 15) is 13.2 Å².